The van der Waals surface area contributed by atoms with E-state index in [4.69, 9.17) is 21.6 Å². The lowest BCUT2D eigenvalue weighted by atomic mass is 9.87. The van der Waals surface area contributed by atoms with Crippen LogP contribution in [0, 0.1) is 10.8 Å². The third-order valence-electron chi connectivity index (χ3n) is 18.4. The van der Waals surface area contributed by atoms with Crippen molar-refractivity contribution in [2.45, 2.75) is 171 Å². The molecule has 0 aromatic heterocycles. The summed E-state index contributed by atoms with van der Waals surface area (Å²) in [5.74, 6) is -11.1. The Kier molecular flexibility index (Phi) is 28.2. The summed E-state index contributed by atoms with van der Waals surface area (Å²) >= 11 is 0. The van der Waals surface area contributed by atoms with E-state index in [0.717, 1.165) is 10.5 Å². The number of rotatable bonds is 18. The van der Waals surface area contributed by atoms with Gasteiger partial charge in [-0.05, 0) is 130 Å². The number of amides is 10. The highest BCUT2D eigenvalue weighted by molar-refractivity contribution is 6.38. The number of nitrogens with two attached hydrogens (primary N) is 2. The molecule has 3 heterocycles. The van der Waals surface area contributed by atoms with Gasteiger partial charge in [0.2, 0.25) is 58.9 Å². The zero-order chi connectivity index (χ0) is 74.2. The van der Waals surface area contributed by atoms with Crippen molar-refractivity contribution in [3.63, 3.8) is 0 Å². The molecule has 8 rings (SSSR count). The minimum atomic E-state index is -1.74. The number of nitrogens with one attached hydrogen (secondary N) is 9. The Morgan fingerprint density at radius 3 is 1.52 bits per heavy atom. The third-order valence-corrected chi connectivity index (χ3v) is 18.4. The molecule has 0 aliphatic carbocycles. The van der Waals surface area contributed by atoms with Crippen molar-refractivity contribution < 1.29 is 72.5 Å². The van der Waals surface area contributed by atoms with Crippen LogP contribution < -0.4 is 54.0 Å². The molecule has 0 spiro atoms. The number of aromatic hydroxyl groups is 2. The topological polar surface area (TPSA) is 433 Å². The average Bonchev–Trinajstić information content (AvgIpc) is 1.75. The Balaban J connectivity index is 1.19. The van der Waals surface area contributed by atoms with Crippen LogP contribution >= 0.6 is 0 Å². The van der Waals surface area contributed by atoms with Crippen molar-refractivity contribution in [1.29, 1.82) is 5.41 Å². The minimum absolute atomic E-state index is 0.00993. The Bertz CT molecular complexity index is 3810. The highest BCUT2D eigenvalue weighted by Gasteiger charge is 2.44. The van der Waals surface area contributed by atoms with Crippen molar-refractivity contribution in [3.8, 4) is 11.5 Å². The van der Waals surface area contributed by atoms with E-state index < -0.39 is 150 Å². The molecule has 5 aromatic carbocycles. The second-order valence-electron chi connectivity index (χ2n) is 27.0. The summed E-state index contributed by atoms with van der Waals surface area (Å²) in [6, 6.07) is 25.5. The van der Waals surface area contributed by atoms with E-state index >= 15 is 19.2 Å². The van der Waals surface area contributed by atoms with E-state index in [0.29, 0.717) is 41.5 Å². The number of aryl methyl sites for hydroxylation is 1. The quantitative estimate of drug-likeness (QED) is 0.0196. The summed E-state index contributed by atoms with van der Waals surface area (Å²) in [6.45, 7) is 2.12. The first-order valence-corrected chi connectivity index (χ1v) is 34.8. The van der Waals surface area contributed by atoms with E-state index in [9.17, 15) is 48.6 Å². The van der Waals surface area contributed by atoms with Crippen LogP contribution in [0.15, 0.2) is 140 Å². The summed E-state index contributed by atoms with van der Waals surface area (Å²) in [6.07, 6.45) is -0.161. The molecule has 3 fully saturated rings. The van der Waals surface area contributed by atoms with Gasteiger partial charge in [0.1, 0.15) is 66.4 Å². The number of ether oxygens (including phenoxy) is 1. The molecule has 0 radical (unpaired) electrons. The first-order chi connectivity index (χ1) is 49.3. The van der Waals surface area contributed by atoms with Crippen LogP contribution in [0.25, 0.3) is 0 Å². The largest absolute Gasteiger partial charge is 0.508 e. The lowest BCUT2D eigenvalue weighted by molar-refractivity contribution is -0.159. The zero-order valence-corrected chi connectivity index (χ0v) is 57.9. The van der Waals surface area contributed by atoms with Crippen LogP contribution in [-0.2, 0) is 94.4 Å². The maximum atomic E-state index is 15.4. The predicted molar refractivity (Wildman–Crippen MR) is 378 cm³/mol. The lowest BCUT2D eigenvalue weighted by Gasteiger charge is -2.36. The first-order valence-electron chi connectivity index (χ1n) is 34.8. The SMILES string of the molecule is CC1(C)COC(=O)[C@H](Cc2ccccc2)NC(=O)[C@H](CCCNC(=N)N)NC(=O)[C@H](Cc2ccc(O)cc2)NC(=O)[C@@H]2CCCN2C(=O)[C@H](Cc2ccc(O)cc2)NC(=O)[C@@H](Cc2ccccc2)NC(=O)[C@H](CCC(N)=O)NC(=O)C[C@@H](CCc2ccccc2)NC(=O)[C@@H]2CCCCN2C(=O)C1=O. The van der Waals surface area contributed by atoms with Gasteiger partial charge in [0.25, 0.3) is 5.91 Å². The molecule has 103 heavy (non-hydrogen) atoms. The molecule has 548 valence electrons. The van der Waals surface area contributed by atoms with Gasteiger partial charge >= 0.3 is 5.97 Å². The van der Waals surface area contributed by atoms with Gasteiger partial charge in [-0.3, -0.25) is 58.1 Å². The number of carbonyl (C=O) groups is 12. The van der Waals surface area contributed by atoms with E-state index in [1.165, 1.54) is 67.3 Å². The summed E-state index contributed by atoms with van der Waals surface area (Å²) in [7, 11) is 0. The number of guanidine groups is 1. The molecule has 9 atom stereocenters. The molecule has 28 heteroatoms. The lowest BCUT2D eigenvalue weighted by Crippen LogP contribution is -2.60. The normalized spacial score (nSPS) is 23.4. The number of carbonyl (C=O) groups excluding carboxylic acids is 12. The number of phenols is 2. The Hall–Kier alpha value is -11.2. The number of fused-ring (bicyclic) bond motifs is 2. The van der Waals surface area contributed by atoms with Gasteiger partial charge < -0.3 is 78.8 Å². The van der Waals surface area contributed by atoms with Crippen LogP contribution in [0.5, 0.6) is 11.5 Å². The van der Waals surface area contributed by atoms with Crippen molar-refractivity contribution >= 4 is 76.8 Å². The molecule has 3 saturated heterocycles. The van der Waals surface area contributed by atoms with Gasteiger partial charge in [-0.1, -0.05) is 115 Å². The maximum Gasteiger partial charge on any atom is 0.329 e. The molecule has 3 aliphatic rings. The highest BCUT2D eigenvalue weighted by Crippen LogP contribution is 2.26. The fourth-order valence-electron chi connectivity index (χ4n) is 12.7. The van der Waals surface area contributed by atoms with Crippen LogP contribution in [0.4, 0.5) is 0 Å². The van der Waals surface area contributed by atoms with E-state index in [2.05, 4.69) is 42.5 Å². The van der Waals surface area contributed by atoms with Gasteiger partial charge in [-0.25, -0.2) is 4.79 Å². The molecule has 3 aliphatic heterocycles. The molecule has 5 aromatic rings. The van der Waals surface area contributed by atoms with Crippen molar-refractivity contribution in [3.05, 3.63) is 167 Å². The molecular weight excluding hydrogens is 1320 g/mol. The molecule has 0 bridgehead atoms. The predicted octanol–water partition coefficient (Wildman–Crippen LogP) is 1.84. The fraction of sp³-hybridized carbons (Fsp3) is 0.427. The number of phenolic OH excluding ortho intramolecular Hbond substituents is 2. The van der Waals surface area contributed by atoms with E-state index in [-0.39, 0.29) is 108 Å². The molecule has 15 N–H and O–H groups in total. The zero-order valence-electron chi connectivity index (χ0n) is 57.9. The standard InChI is InChI=1S/C75H93N13O15/c1-75(2)45-103-73(102)59(43-48-20-10-5-11-21-48)86-65(94)54(22-14-37-79-74(77)78)82-67(96)57(41-49-26-31-52(89)32-27-49)84-70(99)61-24-15-39-87(61)71(100)58(42-50-28-33-53(90)34-29-50)85-68(97)56(40-47-18-8-4-9-19-47)83-66(95)55(35-36-62(76)91)81-63(92)44-51(30-25-46-16-6-3-7-17-46)80-69(98)60-23-12-13-38-88(60)72(101)64(75)93/h3-11,16-21,26-29,31-34,51,54-61,89-90H,12-15,22-25,30,35-45H2,1-2H3,(H2,76,91)(H,80,98)(H,81,92)(H,82,96)(H,83,95)(H,84,99)(H,85,97)(H,86,94)(H4,77,78,79)/t51-,54+,55+,56-,57+,58+,59+,60+,61+/m1/s1. The van der Waals surface area contributed by atoms with E-state index in [1.807, 2.05) is 30.3 Å². The monoisotopic (exact) mass is 1420 g/mol. The van der Waals surface area contributed by atoms with Gasteiger partial charge in [-0.15, -0.1) is 0 Å². The third kappa shape index (κ3) is 23.4. The molecular formula is C75H93N13O15. The maximum absolute atomic E-state index is 15.4. The second-order valence-corrected chi connectivity index (χ2v) is 27.0. The van der Waals surface area contributed by atoms with Gasteiger partial charge in [0, 0.05) is 64.2 Å². The molecule has 10 amide bonds. The Morgan fingerprint density at radius 2 is 0.961 bits per heavy atom. The number of cyclic esters (lactones) is 1. The van der Waals surface area contributed by atoms with Gasteiger partial charge in [0.05, 0.1) is 5.41 Å². The number of nitrogens with zero attached hydrogens (tertiary/aromatic N) is 2. The number of benzene rings is 5. The number of primary amides is 1. The fourth-order valence-corrected chi connectivity index (χ4v) is 12.7. The van der Waals surface area contributed by atoms with Crippen LogP contribution in [0.1, 0.15) is 112 Å². The van der Waals surface area contributed by atoms with Crippen LogP contribution in [-0.4, -0.2) is 177 Å². The smallest absolute Gasteiger partial charge is 0.329 e. The molecule has 0 unspecified atom stereocenters. The Morgan fingerprint density at radius 1 is 0.515 bits per heavy atom. The number of ketones is 1. The summed E-state index contributed by atoms with van der Waals surface area (Å²) in [4.78, 5) is 178. The minimum Gasteiger partial charge on any atom is -0.508 e. The first kappa shape index (κ1) is 77.5. The molecule has 28 nitrogen and oxygen atoms in total. The van der Waals surface area contributed by atoms with E-state index in [1.54, 1.807) is 60.7 Å². The summed E-state index contributed by atoms with van der Waals surface area (Å²) in [5.41, 5.74) is 12.4. The number of esters is 1. The average molecular weight is 1420 g/mol. The van der Waals surface area contributed by atoms with Crippen LogP contribution in [0.2, 0.25) is 0 Å². The number of hydrogen-bond donors (Lipinski definition) is 13. The van der Waals surface area contributed by atoms with Crippen molar-refractivity contribution in [1.82, 2.24) is 52.3 Å². The van der Waals surface area contributed by atoms with Crippen molar-refractivity contribution in [2.75, 3.05) is 26.2 Å². The Labute approximate surface area is 597 Å². The number of hydrogen-bond acceptors (Lipinski definition) is 16. The van der Waals surface area contributed by atoms with Gasteiger partial charge in [0.15, 0.2) is 5.96 Å². The van der Waals surface area contributed by atoms with Crippen molar-refractivity contribution in [2.24, 2.45) is 16.9 Å². The number of Topliss-reactive ketones (excluding diaryl/α,β-unsaturated/α-hetero) is 1. The molecule has 0 saturated carbocycles. The van der Waals surface area contributed by atoms with Crippen LogP contribution in [0.3, 0.4) is 0 Å². The number of piperidine rings is 1. The summed E-state index contributed by atoms with van der Waals surface area (Å²) in [5, 5.41) is 50.5. The summed E-state index contributed by atoms with van der Waals surface area (Å²) < 4.78 is 5.85. The highest BCUT2D eigenvalue weighted by atomic mass is 16.5. The second kappa shape index (κ2) is 37.5. The van der Waals surface area contributed by atoms with Gasteiger partial charge in [-0.2, -0.15) is 0 Å².